The van der Waals surface area contributed by atoms with Crippen molar-refractivity contribution in [1.29, 1.82) is 0 Å². The lowest BCUT2D eigenvalue weighted by atomic mass is 9.72. The molecule has 1 N–H and O–H groups in total. The van der Waals surface area contributed by atoms with E-state index >= 15 is 0 Å². The van der Waals surface area contributed by atoms with E-state index in [2.05, 4.69) is 22.6 Å². The Morgan fingerprint density at radius 2 is 2.26 bits per heavy atom. The predicted octanol–water partition coefficient (Wildman–Crippen LogP) is 2.02. The van der Waals surface area contributed by atoms with E-state index < -0.39 is 6.09 Å². The molecule has 0 radical (unpaired) electrons. The molecule has 19 heavy (non-hydrogen) atoms. The van der Waals surface area contributed by atoms with Crippen LogP contribution in [0.4, 0.5) is 4.79 Å². The Labute approximate surface area is 111 Å². The molecule has 1 aliphatic carbocycles. The van der Waals surface area contributed by atoms with Gasteiger partial charge in [-0.1, -0.05) is 32.3 Å². The van der Waals surface area contributed by atoms with E-state index in [4.69, 9.17) is 9.26 Å². The van der Waals surface area contributed by atoms with Crippen LogP contribution in [0.1, 0.15) is 44.2 Å². The molecule has 1 atom stereocenters. The summed E-state index contributed by atoms with van der Waals surface area (Å²) in [6.45, 7) is 6.17. The molecule has 2 aliphatic rings. The van der Waals surface area contributed by atoms with Crippen molar-refractivity contribution < 1.29 is 14.1 Å². The first kappa shape index (κ1) is 12.2. The molecule has 3 rings (SSSR count). The third-order valence-electron chi connectivity index (χ3n) is 3.64. The van der Waals surface area contributed by atoms with Crippen LogP contribution >= 0.6 is 0 Å². The van der Waals surface area contributed by atoms with Gasteiger partial charge < -0.3 is 9.26 Å². The van der Waals surface area contributed by atoms with E-state index in [-0.39, 0.29) is 11.5 Å². The molecule has 6 heteroatoms. The molecule has 1 aromatic heterocycles. The van der Waals surface area contributed by atoms with Crippen LogP contribution in [0.2, 0.25) is 0 Å². The van der Waals surface area contributed by atoms with Crippen LogP contribution in [0, 0.1) is 5.41 Å². The maximum absolute atomic E-state index is 11.4. The summed E-state index contributed by atoms with van der Waals surface area (Å²) in [5, 5.41) is 8.32. The van der Waals surface area contributed by atoms with Gasteiger partial charge in [0, 0.05) is 11.8 Å². The Morgan fingerprint density at radius 1 is 1.47 bits per heavy atom. The van der Waals surface area contributed by atoms with Crippen LogP contribution in [0.25, 0.3) is 0 Å². The van der Waals surface area contributed by atoms with Crippen molar-refractivity contribution in [2.45, 2.75) is 46.1 Å². The van der Waals surface area contributed by atoms with Gasteiger partial charge in [0.25, 0.3) is 0 Å². The molecule has 0 fully saturated rings. The smallest absolute Gasteiger partial charge is 0.428 e. The number of ether oxygens (including phenoxy) is 1. The maximum atomic E-state index is 11.4. The highest BCUT2D eigenvalue weighted by Crippen LogP contribution is 2.39. The van der Waals surface area contributed by atoms with Crippen molar-refractivity contribution in [1.82, 2.24) is 10.6 Å². The third-order valence-corrected chi connectivity index (χ3v) is 3.64. The van der Waals surface area contributed by atoms with Gasteiger partial charge in [-0.3, -0.25) is 0 Å². The van der Waals surface area contributed by atoms with Gasteiger partial charge in [0.1, 0.15) is 11.5 Å². The molecule has 0 saturated carbocycles. The van der Waals surface area contributed by atoms with Crippen LogP contribution in [-0.4, -0.2) is 23.1 Å². The Hall–Kier alpha value is -1.85. The Morgan fingerprint density at radius 3 is 3.00 bits per heavy atom. The van der Waals surface area contributed by atoms with Gasteiger partial charge in [-0.25, -0.2) is 10.2 Å². The second-order valence-corrected chi connectivity index (χ2v) is 5.74. The zero-order valence-corrected chi connectivity index (χ0v) is 11.3. The summed E-state index contributed by atoms with van der Waals surface area (Å²) in [7, 11) is 0. The molecule has 2 heterocycles. The van der Waals surface area contributed by atoms with E-state index in [9.17, 15) is 4.79 Å². The van der Waals surface area contributed by atoms with Crippen molar-refractivity contribution in [3.63, 3.8) is 0 Å². The standard InChI is InChI=1S/C13H17N3O3/c1-4-5-7-9-8(19-16-7)6-13(2,3)11-10(9)14-15-12(17)18-11/h11H,4-6H2,1-3H3,(H,15,17)/t11-/m1/s1. The topological polar surface area (TPSA) is 76.7 Å². The molecule has 1 amide bonds. The van der Waals surface area contributed by atoms with E-state index in [1.165, 1.54) is 0 Å². The molecule has 1 aliphatic heterocycles. The third kappa shape index (κ3) is 1.82. The Bertz CT molecular complexity index is 559. The van der Waals surface area contributed by atoms with Gasteiger partial charge in [0.15, 0.2) is 6.10 Å². The number of aromatic nitrogens is 1. The first-order valence-corrected chi connectivity index (χ1v) is 6.55. The van der Waals surface area contributed by atoms with E-state index in [0.29, 0.717) is 6.42 Å². The minimum atomic E-state index is -0.501. The quantitative estimate of drug-likeness (QED) is 0.885. The minimum Gasteiger partial charge on any atom is -0.438 e. The highest BCUT2D eigenvalue weighted by Gasteiger charge is 2.47. The number of hydrogen-bond donors (Lipinski definition) is 1. The molecule has 1 aromatic rings. The van der Waals surface area contributed by atoms with Gasteiger partial charge in [-0.2, -0.15) is 5.10 Å². The summed E-state index contributed by atoms with van der Waals surface area (Å²) in [4.78, 5) is 11.4. The lowest BCUT2D eigenvalue weighted by Crippen LogP contribution is -2.50. The van der Waals surface area contributed by atoms with E-state index in [0.717, 1.165) is 35.6 Å². The lowest BCUT2D eigenvalue weighted by Gasteiger charge is -2.38. The number of hydrogen-bond acceptors (Lipinski definition) is 5. The summed E-state index contributed by atoms with van der Waals surface area (Å²) in [5.74, 6) is 0.836. The molecule has 0 unspecified atom stereocenters. The van der Waals surface area contributed by atoms with E-state index in [1.54, 1.807) is 0 Å². The summed E-state index contributed by atoms with van der Waals surface area (Å²) < 4.78 is 10.9. The first-order chi connectivity index (χ1) is 9.03. The lowest BCUT2D eigenvalue weighted by molar-refractivity contribution is 0.0511. The average molecular weight is 263 g/mol. The summed E-state index contributed by atoms with van der Waals surface area (Å²) in [6, 6.07) is 0. The molecule has 0 saturated heterocycles. The number of hydrazone groups is 1. The fourth-order valence-electron chi connectivity index (χ4n) is 2.76. The number of nitrogens with one attached hydrogen (secondary N) is 1. The molecule has 0 bridgehead atoms. The van der Waals surface area contributed by atoms with Crippen molar-refractivity contribution in [2.24, 2.45) is 10.5 Å². The van der Waals surface area contributed by atoms with Crippen LogP contribution in [0.15, 0.2) is 9.62 Å². The van der Waals surface area contributed by atoms with E-state index in [1.807, 2.05) is 13.8 Å². The summed E-state index contributed by atoms with van der Waals surface area (Å²) in [5.41, 5.74) is 4.69. The molecule has 6 nitrogen and oxygen atoms in total. The predicted molar refractivity (Wildman–Crippen MR) is 67.9 cm³/mol. The van der Waals surface area contributed by atoms with Gasteiger partial charge in [0.05, 0.1) is 11.3 Å². The number of aryl methyl sites for hydroxylation is 1. The molecule has 0 spiro atoms. The summed E-state index contributed by atoms with van der Waals surface area (Å²) in [6.07, 6.45) is 1.66. The molecular weight excluding hydrogens is 246 g/mol. The molecule has 0 aromatic carbocycles. The minimum absolute atomic E-state index is 0.243. The van der Waals surface area contributed by atoms with Gasteiger partial charge in [0.2, 0.25) is 0 Å². The van der Waals surface area contributed by atoms with Crippen molar-refractivity contribution in [3.8, 4) is 0 Å². The Kier molecular flexibility index (Phi) is 2.62. The number of nitrogens with zero attached hydrogens (tertiary/aromatic N) is 2. The Balaban J connectivity index is 2.12. The van der Waals surface area contributed by atoms with Gasteiger partial charge in [-0.05, 0) is 6.42 Å². The number of carbonyl (C=O) groups is 1. The highest BCUT2D eigenvalue weighted by molar-refractivity contribution is 6.08. The summed E-state index contributed by atoms with van der Waals surface area (Å²) >= 11 is 0. The van der Waals surface area contributed by atoms with Gasteiger partial charge in [-0.15, -0.1) is 0 Å². The zero-order chi connectivity index (χ0) is 13.6. The number of fused-ring (bicyclic) bond motifs is 3. The van der Waals surface area contributed by atoms with Crippen LogP contribution in [0.5, 0.6) is 0 Å². The fourth-order valence-corrected chi connectivity index (χ4v) is 2.76. The highest BCUT2D eigenvalue weighted by atomic mass is 16.6. The number of amides is 1. The van der Waals surface area contributed by atoms with Crippen LogP contribution in [-0.2, 0) is 17.6 Å². The molecule has 102 valence electrons. The first-order valence-electron chi connectivity index (χ1n) is 6.55. The second kappa shape index (κ2) is 4.08. The molecular formula is C13H17N3O3. The second-order valence-electron chi connectivity index (χ2n) is 5.74. The largest absolute Gasteiger partial charge is 0.438 e. The number of carbonyl (C=O) groups excluding carboxylic acids is 1. The average Bonchev–Trinajstić information content (AvgIpc) is 2.72. The van der Waals surface area contributed by atoms with Crippen molar-refractivity contribution in [2.75, 3.05) is 0 Å². The zero-order valence-electron chi connectivity index (χ0n) is 11.3. The van der Waals surface area contributed by atoms with Crippen LogP contribution < -0.4 is 5.43 Å². The van der Waals surface area contributed by atoms with Gasteiger partial charge >= 0.3 is 6.09 Å². The van der Waals surface area contributed by atoms with Crippen LogP contribution in [0.3, 0.4) is 0 Å². The maximum Gasteiger partial charge on any atom is 0.428 e. The normalized spacial score (nSPS) is 23.8. The van der Waals surface area contributed by atoms with Crippen molar-refractivity contribution in [3.05, 3.63) is 17.0 Å². The fraction of sp³-hybridized carbons (Fsp3) is 0.615. The monoisotopic (exact) mass is 263 g/mol. The number of rotatable bonds is 2. The SMILES string of the molecule is CCCc1noc2c1C1=NNC(=O)O[C@H]1C(C)(C)C2. The van der Waals surface area contributed by atoms with Crippen molar-refractivity contribution >= 4 is 11.8 Å².